The molecule has 0 aromatic carbocycles. The number of hydrogen-bond donors (Lipinski definition) is 1. The van der Waals surface area contributed by atoms with Crippen LogP contribution in [0.5, 0.6) is 0 Å². The summed E-state index contributed by atoms with van der Waals surface area (Å²) in [4.78, 5) is 11.7. The van der Waals surface area contributed by atoms with E-state index in [-0.39, 0.29) is 5.91 Å². The minimum Gasteiger partial charge on any atom is -0.351 e. The Kier molecular flexibility index (Phi) is 3.04. The Morgan fingerprint density at radius 2 is 2.20 bits per heavy atom. The smallest absolute Gasteiger partial charge is 0.290 e. The lowest BCUT2D eigenvalue weighted by Gasteiger charge is -2.22. The van der Waals surface area contributed by atoms with Gasteiger partial charge in [0.05, 0.1) is 6.20 Å². The van der Waals surface area contributed by atoms with Gasteiger partial charge in [-0.05, 0) is 19.8 Å². The maximum Gasteiger partial charge on any atom is 0.290 e. The van der Waals surface area contributed by atoms with Gasteiger partial charge >= 0.3 is 0 Å². The van der Waals surface area contributed by atoms with Gasteiger partial charge in [-0.3, -0.25) is 4.79 Å². The van der Waals surface area contributed by atoms with E-state index >= 15 is 0 Å². The highest BCUT2D eigenvalue weighted by molar-refractivity contribution is 5.92. The summed E-state index contributed by atoms with van der Waals surface area (Å²) in [7, 11) is 0. The lowest BCUT2D eigenvalue weighted by atomic mass is 9.95. The molecule has 1 N–H and O–H groups in total. The van der Waals surface area contributed by atoms with E-state index in [0.717, 1.165) is 18.4 Å². The van der Waals surface area contributed by atoms with E-state index in [0.29, 0.717) is 11.8 Å². The van der Waals surface area contributed by atoms with Crippen molar-refractivity contribution in [1.29, 1.82) is 0 Å². The van der Waals surface area contributed by atoms with Crippen molar-refractivity contribution in [2.45, 2.75) is 45.1 Å². The van der Waals surface area contributed by atoms with E-state index in [9.17, 15) is 4.79 Å². The fourth-order valence-electron chi connectivity index (χ4n) is 2.01. The molecule has 0 unspecified atom stereocenters. The maximum absolute atomic E-state index is 11.7. The van der Waals surface area contributed by atoms with Gasteiger partial charge in [0.25, 0.3) is 5.91 Å². The van der Waals surface area contributed by atoms with Crippen LogP contribution in [-0.2, 0) is 0 Å². The zero-order chi connectivity index (χ0) is 10.7. The van der Waals surface area contributed by atoms with Crippen LogP contribution >= 0.6 is 0 Å². The van der Waals surface area contributed by atoms with E-state index in [1.807, 2.05) is 6.92 Å². The van der Waals surface area contributed by atoms with Crippen LogP contribution in [0.4, 0.5) is 0 Å². The molecule has 0 spiro atoms. The van der Waals surface area contributed by atoms with Crippen molar-refractivity contribution in [3.63, 3.8) is 0 Å². The lowest BCUT2D eigenvalue weighted by Crippen LogP contribution is -2.36. The summed E-state index contributed by atoms with van der Waals surface area (Å²) in [5.74, 6) is 0.220. The molecule has 15 heavy (non-hydrogen) atoms. The number of aryl methyl sites for hydroxylation is 1. The molecular weight excluding hydrogens is 192 g/mol. The SMILES string of the molecule is Cc1cnoc1C(=O)NC1CCCCC1. The van der Waals surface area contributed by atoms with Crippen molar-refractivity contribution in [2.24, 2.45) is 0 Å². The topological polar surface area (TPSA) is 55.1 Å². The molecule has 1 aromatic heterocycles. The molecule has 0 atom stereocenters. The Morgan fingerprint density at radius 1 is 1.47 bits per heavy atom. The maximum atomic E-state index is 11.7. The highest BCUT2D eigenvalue weighted by Crippen LogP contribution is 2.18. The molecule has 0 radical (unpaired) electrons. The summed E-state index contributed by atoms with van der Waals surface area (Å²) < 4.78 is 4.91. The van der Waals surface area contributed by atoms with Crippen LogP contribution in [-0.4, -0.2) is 17.1 Å². The van der Waals surface area contributed by atoms with E-state index in [1.54, 1.807) is 6.20 Å². The molecule has 0 aliphatic heterocycles. The number of nitrogens with zero attached hydrogens (tertiary/aromatic N) is 1. The molecule has 1 aliphatic rings. The van der Waals surface area contributed by atoms with Gasteiger partial charge in [0.2, 0.25) is 5.76 Å². The number of aromatic nitrogens is 1. The average molecular weight is 208 g/mol. The molecule has 0 saturated heterocycles. The second kappa shape index (κ2) is 4.47. The fourth-order valence-corrected chi connectivity index (χ4v) is 2.01. The average Bonchev–Trinajstić information content (AvgIpc) is 2.66. The first-order valence-corrected chi connectivity index (χ1v) is 5.49. The molecule has 1 aliphatic carbocycles. The predicted molar refractivity (Wildman–Crippen MR) is 55.6 cm³/mol. The first-order chi connectivity index (χ1) is 7.27. The normalized spacial score (nSPS) is 17.7. The number of amides is 1. The number of carbonyl (C=O) groups excluding carboxylic acids is 1. The molecule has 4 nitrogen and oxygen atoms in total. The van der Waals surface area contributed by atoms with Crippen molar-refractivity contribution < 1.29 is 9.32 Å². The second-order valence-electron chi connectivity index (χ2n) is 4.15. The van der Waals surface area contributed by atoms with Crippen molar-refractivity contribution in [2.75, 3.05) is 0 Å². The zero-order valence-electron chi connectivity index (χ0n) is 8.95. The van der Waals surface area contributed by atoms with Gasteiger partial charge in [0.15, 0.2) is 0 Å². The highest BCUT2D eigenvalue weighted by Gasteiger charge is 2.20. The predicted octanol–water partition coefficient (Wildman–Crippen LogP) is 2.05. The van der Waals surface area contributed by atoms with Gasteiger partial charge in [0, 0.05) is 11.6 Å². The van der Waals surface area contributed by atoms with Gasteiger partial charge in [-0.25, -0.2) is 0 Å². The van der Waals surface area contributed by atoms with Crippen LogP contribution in [0, 0.1) is 6.92 Å². The van der Waals surface area contributed by atoms with Crippen LogP contribution in [0.1, 0.15) is 48.2 Å². The summed E-state index contributed by atoms with van der Waals surface area (Å²) in [5, 5.41) is 6.59. The molecule has 1 saturated carbocycles. The zero-order valence-corrected chi connectivity index (χ0v) is 8.95. The van der Waals surface area contributed by atoms with E-state index in [2.05, 4.69) is 10.5 Å². The lowest BCUT2D eigenvalue weighted by molar-refractivity contribution is 0.0889. The quantitative estimate of drug-likeness (QED) is 0.809. The molecule has 1 heterocycles. The van der Waals surface area contributed by atoms with Gasteiger partial charge in [-0.1, -0.05) is 24.4 Å². The third kappa shape index (κ3) is 2.37. The Labute approximate surface area is 89.0 Å². The Balaban J connectivity index is 1.94. The molecule has 1 fully saturated rings. The monoisotopic (exact) mass is 208 g/mol. The standard InChI is InChI=1S/C11H16N2O2/c1-8-7-12-15-10(8)11(14)13-9-5-3-2-4-6-9/h7,9H,2-6H2,1H3,(H,13,14). The summed E-state index contributed by atoms with van der Waals surface area (Å²) >= 11 is 0. The summed E-state index contributed by atoms with van der Waals surface area (Å²) in [6.45, 7) is 1.83. The molecule has 2 rings (SSSR count). The molecule has 4 heteroatoms. The third-order valence-electron chi connectivity index (χ3n) is 2.90. The van der Waals surface area contributed by atoms with E-state index < -0.39 is 0 Å². The molecule has 0 bridgehead atoms. The van der Waals surface area contributed by atoms with Gasteiger partial charge in [-0.2, -0.15) is 0 Å². The third-order valence-corrected chi connectivity index (χ3v) is 2.90. The van der Waals surface area contributed by atoms with Crippen molar-refractivity contribution in [3.8, 4) is 0 Å². The van der Waals surface area contributed by atoms with Gasteiger partial charge in [-0.15, -0.1) is 0 Å². The summed E-state index contributed by atoms with van der Waals surface area (Å²) in [6.07, 6.45) is 7.43. The number of nitrogens with one attached hydrogen (secondary N) is 1. The summed E-state index contributed by atoms with van der Waals surface area (Å²) in [6, 6.07) is 0.316. The van der Waals surface area contributed by atoms with Crippen LogP contribution in [0.15, 0.2) is 10.7 Å². The van der Waals surface area contributed by atoms with E-state index in [4.69, 9.17) is 4.52 Å². The second-order valence-corrected chi connectivity index (χ2v) is 4.15. The highest BCUT2D eigenvalue weighted by atomic mass is 16.5. The fraction of sp³-hybridized carbons (Fsp3) is 0.636. The van der Waals surface area contributed by atoms with Crippen LogP contribution in [0.3, 0.4) is 0 Å². The number of carbonyl (C=O) groups is 1. The van der Waals surface area contributed by atoms with Crippen molar-refractivity contribution >= 4 is 5.91 Å². The first-order valence-electron chi connectivity index (χ1n) is 5.49. The Bertz CT molecular complexity index is 340. The molecule has 82 valence electrons. The van der Waals surface area contributed by atoms with Crippen LogP contribution in [0.2, 0.25) is 0 Å². The van der Waals surface area contributed by atoms with Crippen molar-refractivity contribution in [1.82, 2.24) is 10.5 Å². The molecular formula is C11H16N2O2. The molecule has 1 aromatic rings. The minimum atomic E-state index is -0.128. The Morgan fingerprint density at radius 3 is 2.80 bits per heavy atom. The van der Waals surface area contributed by atoms with Gasteiger partial charge < -0.3 is 9.84 Å². The number of hydrogen-bond acceptors (Lipinski definition) is 3. The van der Waals surface area contributed by atoms with Crippen LogP contribution in [0.25, 0.3) is 0 Å². The molecule has 1 amide bonds. The van der Waals surface area contributed by atoms with Gasteiger partial charge in [0.1, 0.15) is 0 Å². The minimum absolute atomic E-state index is 0.128. The number of rotatable bonds is 2. The van der Waals surface area contributed by atoms with Crippen molar-refractivity contribution in [3.05, 3.63) is 17.5 Å². The summed E-state index contributed by atoms with van der Waals surface area (Å²) in [5.41, 5.74) is 0.795. The van der Waals surface area contributed by atoms with Crippen LogP contribution < -0.4 is 5.32 Å². The van der Waals surface area contributed by atoms with E-state index in [1.165, 1.54) is 19.3 Å². The largest absolute Gasteiger partial charge is 0.351 e. The Hall–Kier alpha value is -1.32. The first kappa shape index (κ1) is 10.2.